The Balaban J connectivity index is 1.64. The van der Waals surface area contributed by atoms with Gasteiger partial charge in [-0.3, -0.25) is 4.79 Å². The molecule has 0 aliphatic heterocycles. The molecule has 0 aromatic heterocycles. The standard InChI is InChI=1S/C26H30N2O5S/c1-3-4-13-22(24(29)27-23(25(30)31)14-15-34-2)28-26(32)33-16-21-19-11-7-5-9-17(19)18-10-6-8-12-20(18)21/h3,5-12,21-23H,1,4,13-16H2,2H3,(H,27,29)(H,28,32)(H,30,31). The topological polar surface area (TPSA) is 105 Å². The van der Waals surface area contributed by atoms with E-state index in [0.29, 0.717) is 18.6 Å². The van der Waals surface area contributed by atoms with Gasteiger partial charge < -0.3 is 20.5 Å². The highest BCUT2D eigenvalue weighted by Crippen LogP contribution is 2.44. The van der Waals surface area contributed by atoms with E-state index in [0.717, 1.165) is 22.3 Å². The lowest BCUT2D eigenvalue weighted by molar-refractivity contribution is -0.142. The normalized spacial score (nSPS) is 13.8. The van der Waals surface area contributed by atoms with E-state index < -0.39 is 30.1 Å². The first-order valence-corrected chi connectivity index (χ1v) is 12.6. The quantitative estimate of drug-likeness (QED) is 0.392. The van der Waals surface area contributed by atoms with Crippen molar-refractivity contribution in [3.8, 4) is 11.1 Å². The van der Waals surface area contributed by atoms with Crippen LogP contribution in [0.25, 0.3) is 11.1 Å². The first-order valence-electron chi connectivity index (χ1n) is 11.2. The second kappa shape index (κ2) is 12.3. The van der Waals surface area contributed by atoms with E-state index in [-0.39, 0.29) is 18.9 Å². The fourth-order valence-corrected chi connectivity index (χ4v) is 4.57. The largest absolute Gasteiger partial charge is 0.480 e. The first kappa shape index (κ1) is 25.4. The van der Waals surface area contributed by atoms with Gasteiger partial charge in [0.1, 0.15) is 18.7 Å². The van der Waals surface area contributed by atoms with Crippen molar-refractivity contribution in [1.82, 2.24) is 10.6 Å². The molecular weight excluding hydrogens is 452 g/mol. The summed E-state index contributed by atoms with van der Waals surface area (Å²) in [7, 11) is 0. The number of rotatable bonds is 12. The molecule has 0 spiro atoms. The number of ether oxygens (including phenoxy) is 1. The van der Waals surface area contributed by atoms with Crippen LogP contribution >= 0.6 is 11.8 Å². The van der Waals surface area contributed by atoms with E-state index in [1.165, 1.54) is 11.8 Å². The van der Waals surface area contributed by atoms with Crippen LogP contribution in [0.15, 0.2) is 61.2 Å². The lowest BCUT2D eigenvalue weighted by Crippen LogP contribution is -2.51. The lowest BCUT2D eigenvalue weighted by atomic mass is 9.98. The molecule has 2 amide bonds. The Bertz CT molecular complexity index is 996. The zero-order valence-electron chi connectivity index (χ0n) is 19.2. The second-order valence-electron chi connectivity index (χ2n) is 8.07. The average molecular weight is 483 g/mol. The number of amides is 2. The number of benzene rings is 2. The minimum atomic E-state index is -1.11. The van der Waals surface area contributed by atoms with Gasteiger partial charge in [-0.2, -0.15) is 11.8 Å². The van der Waals surface area contributed by atoms with Crippen molar-refractivity contribution in [2.75, 3.05) is 18.6 Å². The number of allylic oxidation sites excluding steroid dienone is 1. The third-order valence-corrected chi connectivity index (χ3v) is 6.48. The van der Waals surface area contributed by atoms with Gasteiger partial charge in [-0.05, 0) is 53.5 Å². The van der Waals surface area contributed by atoms with Crippen LogP contribution in [0.5, 0.6) is 0 Å². The smallest absolute Gasteiger partial charge is 0.407 e. The fraction of sp³-hybridized carbons (Fsp3) is 0.346. The molecule has 7 nitrogen and oxygen atoms in total. The molecule has 0 radical (unpaired) electrons. The molecule has 1 aliphatic rings. The zero-order chi connectivity index (χ0) is 24.5. The molecule has 1 aliphatic carbocycles. The van der Waals surface area contributed by atoms with E-state index in [9.17, 15) is 19.5 Å². The number of fused-ring (bicyclic) bond motifs is 3. The van der Waals surface area contributed by atoms with Crippen LogP contribution in [-0.4, -0.2) is 53.8 Å². The van der Waals surface area contributed by atoms with Gasteiger partial charge >= 0.3 is 12.1 Å². The minimum absolute atomic E-state index is 0.0958. The summed E-state index contributed by atoms with van der Waals surface area (Å²) < 4.78 is 5.54. The third kappa shape index (κ3) is 6.20. The average Bonchev–Trinajstić information content (AvgIpc) is 3.16. The summed E-state index contributed by atoms with van der Waals surface area (Å²) >= 11 is 1.50. The highest BCUT2D eigenvalue weighted by molar-refractivity contribution is 7.98. The maximum Gasteiger partial charge on any atom is 0.407 e. The number of alkyl carbamates (subject to hydrolysis) is 1. The minimum Gasteiger partial charge on any atom is -0.480 e. The van der Waals surface area contributed by atoms with Crippen molar-refractivity contribution in [1.29, 1.82) is 0 Å². The Morgan fingerprint density at radius 3 is 2.21 bits per heavy atom. The van der Waals surface area contributed by atoms with Gasteiger partial charge in [0.15, 0.2) is 0 Å². The molecule has 0 saturated heterocycles. The summed E-state index contributed by atoms with van der Waals surface area (Å²) in [6, 6.07) is 14.1. The number of aliphatic carboxylic acids is 1. The molecule has 0 fully saturated rings. The Morgan fingerprint density at radius 1 is 1.03 bits per heavy atom. The van der Waals surface area contributed by atoms with E-state index >= 15 is 0 Å². The monoisotopic (exact) mass is 482 g/mol. The number of thioether (sulfide) groups is 1. The maximum atomic E-state index is 12.8. The van der Waals surface area contributed by atoms with Gasteiger partial charge in [-0.15, -0.1) is 6.58 Å². The Labute approximate surface area is 204 Å². The highest BCUT2D eigenvalue weighted by atomic mass is 32.2. The molecule has 0 saturated carbocycles. The van der Waals surface area contributed by atoms with Gasteiger partial charge in [0.25, 0.3) is 0 Å². The van der Waals surface area contributed by atoms with Crippen LogP contribution in [-0.2, 0) is 14.3 Å². The molecule has 0 heterocycles. The Morgan fingerprint density at radius 2 is 1.65 bits per heavy atom. The number of carboxylic acids is 1. The van der Waals surface area contributed by atoms with Gasteiger partial charge in [-0.1, -0.05) is 54.6 Å². The van der Waals surface area contributed by atoms with E-state index in [2.05, 4.69) is 29.3 Å². The number of hydrogen-bond donors (Lipinski definition) is 3. The second-order valence-corrected chi connectivity index (χ2v) is 9.05. The summed E-state index contributed by atoms with van der Waals surface area (Å²) in [5.41, 5.74) is 4.44. The van der Waals surface area contributed by atoms with Crippen LogP contribution in [0.3, 0.4) is 0 Å². The van der Waals surface area contributed by atoms with E-state index in [1.54, 1.807) is 6.08 Å². The molecule has 0 bridgehead atoms. The molecule has 180 valence electrons. The number of nitrogens with one attached hydrogen (secondary N) is 2. The molecular formula is C26H30N2O5S. The summed E-state index contributed by atoms with van der Waals surface area (Å²) in [4.78, 5) is 36.9. The van der Waals surface area contributed by atoms with Crippen molar-refractivity contribution >= 4 is 29.7 Å². The molecule has 2 unspecified atom stereocenters. The van der Waals surface area contributed by atoms with Crippen LogP contribution < -0.4 is 10.6 Å². The molecule has 2 aromatic rings. The van der Waals surface area contributed by atoms with Crippen molar-refractivity contribution in [2.24, 2.45) is 0 Å². The van der Waals surface area contributed by atoms with Crippen molar-refractivity contribution in [2.45, 2.75) is 37.3 Å². The molecule has 2 aromatic carbocycles. The molecule has 8 heteroatoms. The number of carbonyl (C=O) groups excluding carboxylic acids is 2. The molecule has 34 heavy (non-hydrogen) atoms. The van der Waals surface area contributed by atoms with Crippen molar-refractivity contribution in [3.05, 3.63) is 72.3 Å². The zero-order valence-corrected chi connectivity index (χ0v) is 20.0. The predicted octanol–water partition coefficient (Wildman–Crippen LogP) is 4.18. The molecule has 3 N–H and O–H groups in total. The maximum absolute atomic E-state index is 12.8. The van der Waals surface area contributed by atoms with Crippen LogP contribution in [0.1, 0.15) is 36.3 Å². The Kier molecular flexibility index (Phi) is 9.16. The molecule has 2 atom stereocenters. The number of carboxylic acid groups (broad SMARTS) is 1. The van der Waals surface area contributed by atoms with Gasteiger partial charge in [0, 0.05) is 5.92 Å². The van der Waals surface area contributed by atoms with Crippen LogP contribution in [0.2, 0.25) is 0 Å². The number of carbonyl (C=O) groups is 3. The highest BCUT2D eigenvalue weighted by Gasteiger charge is 2.30. The van der Waals surface area contributed by atoms with Crippen molar-refractivity contribution in [3.63, 3.8) is 0 Å². The number of hydrogen-bond acceptors (Lipinski definition) is 5. The summed E-state index contributed by atoms with van der Waals surface area (Å²) in [6.45, 7) is 3.79. The van der Waals surface area contributed by atoms with E-state index in [4.69, 9.17) is 4.74 Å². The van der Waals surface area contributed by atoms with E-state index in [1.807, 2.05) is 42.7 Å². The van der Waals surface area contributed by atoms with Gasteiger partial charge in [-0.25, -0.2) is 9.59 Å². The predicted molar refractivity (Wildman–Crippen MR) is 134 cm³/mol. The summed E-state index contributed by atoms with van der Waals surface area (Å²) in [5.74, 6) is -1.16. The SMILES string of the molecule is C=CCCC(NC(=O)OCC1c2ccccc2-c2ccccc21)C(=O)NC(CCSC)C(=O)O. The van der Waals surface area contributed by atoms with Gasteiger partial charge in [0.05, 0.1) is 0 Å². The van der Waals surface area contributed by atoms with Crippen LogP contribution in [0, 0.1) is 0 Å². The summed E-state index contributed by atoms with van der Waals surface area (Å²) in [6.07, 6.45) is 3.84. The lowest BCUT2D eigenvalue weighted by Gasteiger charge is -2.21. The van der Waals surface area contributed by atoms with Crippen molar-refractivity contribution < 1.29 is 24.2 Å². The fourth-order valence-electron chi connectivity index (χ4n) is 4.10. The van der Waals surface area contributed by atoms with Crippen LogP contribution in [0.4, 0.5) is 4.79 Å². The van der Waals surface area contributed by atoms with Gasteiger partial charge in [0.2, 0.25) is 5.91 Å². The first-order chi connectivity index (χ1) is 16.5. The third-order valence-electron chi connectivity index (χ3n) is 5.84. The Hall–Kier alpha value is -3.26. The summed E-state index contributed by atoms with van der Waals surface area (Å²) in [5, 5.41) is 14.5. The molecule has 3 rings (SSSR count).